The second-order valence-corrected chi connectivity index (χ2v) is 13.8. The minimum absolute atomic E-state index is 0.539. The minimum atomic E-state index is 0.539. The van der Waals surface area contributed by atoms with Crippen LogP contribution in [0, 0.1) is 0 Å². The standard InChI is InChI=1S/C48H27N5O2/c1-2-12-29-28(11-1)32(23-24-39(29)53-37-18-6-3-13-30(37)31-14-4-7-19-38(31)53)46-50-47(34-16-9-21-42-44(34)33-15-5-8-20-40(33)54-42)52-48(51-46)35-17-10-22-43-45(35)36-27-49-26-25-41(36)55-43/h1-27H. The Hall–Kier alpha value is -7.64. The van der Waals surface area contributed by atoms with Gasteiger partial charge in [0.05, 0.1) is 16.7 Å². The van der Waals surface area contributed by atoms with Gasteiger partial charge in [0.2, 0.25) is 0 Å². The van der Waals surface area contributed by atoms with Crippen molar-refractivity contribution in [1.29, 1.82) is 0 Å². The summed E-state index contributed by atoms with van der Waals surface area (Å²) in [5.74, 6) is 1.66. The molecule has 7 heteroatoms. The zero-order chi connectivity index (χ0) is 36.0. The van der Waals surface area contributed by atoms with E-state index in [1.54, 1.807) is 6.20 Å². The molecule has 0 bridgehead atoms. The van der Waals surface area contributed by atoms with Crippen molar-refractivity contribution in [1.82, 2.24) is 24.5 Å². The number of pyridine rings is 1. The van der Waals surface area contributed by atoms with Crippen molar-refractivity contribution in [2.75, 3.05) is 0 Å². The molecule has 5 aromatic heterocycles. The molecule has 0 aliphatic rings. The zero-order valence-electron chi connectivity index (χ0n) is 29.1. The van der Waals surface area contributed by atoms with E-state index in [1.165, 1.54) is 10.8 Å². The third-order valence-corrected chi connectivity index (χ3v) is 10.8. The Morgan fingerprint density at radius 1 is 0.364 bits per heavy atom. The van der Waals surface area contributed by atoms with E-state index in [2.05, 4.69) is 107 Å². The minimum Gasteiger partial charge on any atom is -0.456 e. The Kier molecular flexibility index (Phi) is 6.21. The van der Waals surface area contributed by atoms with Crippen LogP contribution in [0.1, 0.15) is 0 Å². The highest BCUT2D eigenvalue weighted by Gasteiger charge is 2.22. The number of rotatable bonds is 4. The molecule has 0 spiro atoms. The Balaban J connectivity index is 1.16. The van der Waals surface area contributed by atoms with Gasteiger partial charge in [-0.15, -0.1) is 0 Å². The molecule has 0 radical (unpaired) electrons. The van der Waals surface area contributed by atoms with Crippen LogP contribution < -0.4 is 0 Å². The number of nitrogens with zero attached hydrogens (tertiary/aromatic N) is 5. The van der Waals surface area contributed by atoms with Crippen LogP contribution in [0.15, 0.2) is 173 Å². The highest BCUT2D eigenvalue weighted by Crippen LogP contribution is 2.41. The van der Waals surface area contributed by atoms with E-state index in [-0.39, 0.29) is 0 Å². The van der Waals surface area contributed by atoms with Crippen LogP contribution in [0.2, 0.25) is 0 Å². The quantitative estimate of drug-likeness (QED) is 0.181. The molecule has 0 N–H and O–H groups in total. The Bertz CT molecular complexity index is 3330. The second kappa shape index (κ2) is 11.4. The van der Waals surface area contributed by atoms with Crippen molar-refractivity contribution in [3.63, 3.8) is 0 Å². The summed E-state index contributed by atoms with van der Waals surface area (Å²) < 4.78 is 15.0. The summed E-state index contributed by atoms with van der Waals surface area (Å²) in [5.41, 5.74) is 9.09. The highest BCUT2D eigenvalue weighted by molar-refractivity contribution is 6.14. The van der Waals surface area contributed by atoms with Crippen LogP contribution in [0.4, 0.5) is 0 Å². The Labute approximate surface area is 312 Å². The van der Waals surface area contributed by atoms with Crippen molar-refractivity contribution in [2.24, 2.45) is 0 Å². The molecule has 5 heterocycles. The van der Waals surface area contributed by atoms with Crippen LogP contribution in [0.25, 0.3) is 116 Å². The maximum Gasteiger partial charge on any atom is 0.164 e. The van der Waals surface area contributed by atoms with Gasteiger partial charge in [-0.3, -0.25) is 4.98 Å². The monoisotopic (exact) mass is 705 g/mol. The van der Waals surface area contributed by atoms with E-state index in [0.717, 1.165) is 88.1 Å². The summed E-state index contributed by atoms with van der Waals surface area (Å²) >= 11 is 0. The summed E-state index contributed by atoms with van der Waals surface area (Å²) in [6.07, 6.45) is 3.58. The number of aromatic nitrogens is 5. The zero-order valence-corrected chi connectivity index (χ0v) is 29.1. The van der Waals surface area contributed by atoms with Crippen LogP contribution in [-0.4, -0.2) is 24.5 Å². The van der Waals surface area contributed by atoms with Gasteiger partial charge in [0.25, 0.3) is 0 Å². The molecule has 7 aromatic carbocycles. The normalized spacial score (nSPS) is 12.0. The van der Waals surface area contributed by atoms with E-state index in [9.17, 15) is 0 Å². The maximum atomic E-state index is 6.31. The van der Waals surface area contributed by atoms with Crippen molar-refractivity contribution >= 4 is 76.5 Å². The third kappa shape index (κ3) is 4.38. The van der Waals surface area contributed by atoms with E-state index >= 15 is 0 Å². The van der Waals surface area contributed by atoms with E-state index in [0.29, 0.717) is 17.5 Å². The van der Waals surface area contributed by atoms with Crippen LogP contribution >= 0.6 is 0 Å². The van der Waals surface area contributed by atoms with Gasteiger partial charge < -0.3 is 13.4 Å². The van der Waals surface area contributed by atoms with Crippen LogP contribution in [-0.2, 0) is 0 Å². The first kappa shape index (κ1) is 29.9. The molecule has 0 aliphatic heterocycles. The molecule has 256 valence electrons. The average molecular weight is 706 g/mol. The number of hydrogen-bond acceptors (Lipinski definition) is 6. The highest BCUT2D eigenvalue weighted by atomic mass is 16.3. The lowest BCUT2D eigenvalue weighted by Crippen LogP contribution is -2.02. The first-order valence-electron chi connectivity index (χ1n) is 18.2. The van der Waals surface area contributed by atoms with Crippen LogP contribution in [0.3, 0.4) is 0 Å². The number of hydrogen-bond donors (Lipinski definition) is 0. The van der Waals surface area contributed by atoms with Gasteiger partial charge in [-0.25, -0.2) is 15.0 Å². The predicted molar refractivity (Wildman–Crippen MR) is 220 cm³/mol. The number of para-hydroxylation sites is 3. The Morgan fingerprint density at radius 3 is 1.55 bits per heavy atom. The predicted octanol–water partition coefficient (Wildman–Crippen LogP) is 12.3. The molecule has 12 rings (SSSR count). The topological polar surface area (TPSA) is 82.8 Å². The van der Waals surface area contributed by atoms with E-state index in [1.807, 2.05) is 60.8 Å². The number of furan rings is 2. The number of benzene rings is 7. The molecule has 0 saturated heterocycles. The Morgan fingerprint density at radius 2 is 0.873 bits per heavy atom. The maximum absolute atomic E-state index is 6.31. The van der Waals surface area contributed by atoms with E-state index in [4.69, 9.17) is 23.8 Å². The molecule has 0 saturated carbocycles. The molecule has 7 nitrogen and oxygen atoms in total. The molecular formula is C48H27N5O2. The van der Waals surface area contributed by atoms with Gasteiger partial charge in [-0.1, -0.05) is 103 Å². The fourth-order valence-corrected chi connectivity index (χ4v) is 8.41. The van der Waals surface area contributed by atoms with Crippen molar-refractivity contribution in [3.05, 3.63) is 164 Å². The van der Waals surface area contributed by atoms with Crippen molar-refractivity contribution in [3.8, 4) is 39.9 Å². The van der Waals surface area contributed by atoms with Gasteiger partial charge >= 0.3 is 0 Å². The lowest BCUT2D eigenvalue weighted by atomic mass is 10.0. The average Bonchev–Trinajstić information content (AvgIpc) is 3.93. The van der Waals surface area contributed by atoms with Gasteiger partial charge in [0.1, 0.15) is 22.3 Å². The summed E-state index contributed by atoms with van der Waals surface area (Å²) in [5, 5.41) is 8.34. The van der Waals surface area contributed by atoms with Gasteiger partial charge in [-0.05, 0) is 53.9 Å². The van der Waals surface area contributed by atoms with Crippen molar-refractivity contribution in [2.45, 2.75) is 0 Å². The molecular weight excluding hydrogens is 679 g/mol. The van der Waals surface area contributed by atoms with Gasteiger partial charge in [0.15, 0.2) is 17.5 Å². The number of fused-ring (bicyclic) bond motifs is 10. The first-order valence-corrected chi connectivity index (χ1v) is 18.2. The fraction of sp³-hybridized carbons (Fsp3) is 0. The summed E-state index contributed by atoms with van der Waals surface area (Å²) in [7, 11) is 0. The molecule has 0 unspecified atom stereocenters. The largest absolute Gasteiger partial charge is 0.456 e. The third-order valence-electron chi connectivity index (χ3n) is 10.8. The lowest BCUT2D eigenvalue weighted by Gasteiger charge is -2.15. The SMILES string of the molecule is c1ccc2c(c1)oc1cccc(-c3nc(-c4ccc(-n5c6ccccc6c6ccccc65)c5ccccc45)nc(-c4cccc5oc6ccncc6c45)n3)c12. The van der Waals surface area contributed by atoms with Gasteiger partial charge in [0, 0.05) is 66.8 Å². The van der Waals surface area contributed by atoms with E-state index < -0.39 is 0 Å². The fourth-order valence-electron chi connectivity index (χ4n) is 8.41. The first-order chi connectivity index (χ1) is 27.3. The molecule has 55 heavy (non-hydrogen) atoms. The summed E-state index contributed by atoms with van der Waals surface area (Å²) in [4.78, 5) is 20.3. The lowest BCUT2D eigenvalue weighted by molar-refractivity contribution is 0.668. The smallest absolute Gasteiger partial charge is 0.164 e. The second-order valence-electron chi connectivity index (χ2n) is 13.8. The summed E-state index contributed by atoms with van der Waals surface area (Å²) in [6, 6.07) is 52.1. The molecule has 0 amide bonds. The molecule has 12 aromatic rings. The summed E-state index contributed by atoms with van der Waals surface area (Å²) in [6.45, 7) is 0. The van der Waals surface area contributed by atoms with Crippen LogP contribution in [0.5, 0.6) is 0 Å². The van der Waals surface area contributed by atoms with Gasteiger partial charge in [-0.2, -0.15) is 0 Å². The molecule has 0 fully saturated rings. The molecule has 0 atom stereocenters. The van der Waals surface area contributed by atoms with Crippen molar-refractivity contribution < 1.29 is 8.83 Å². The molecule has 0 aliphatic carbocycles.